The lowest BCUT2D eigenvalue weighted by Crippen LogP contribution is -2.23. The van der Waals surface area contributed by atoms with Gasteiger partial charge >= 0.3 is 5.97 Å². The lowest BCUT2D eigenvalue weighted by molar-refractivity contribution is -0.144. The van der Waals surface area contributed by atoms with Gasteiger partial charge in [0.1, 0.15) is 10.6 Å². The predicted octanol–water partition coefficient (Wildman–Crippen LogP) is 6.36. The van der Waals surface area contributed by atoms with Crippen molar-refractivity contribution in [3.8, 4) is 23.1 Å². The van der Waals surface area contributed by atoms with Crippen molar-refractivity contribution in [2.24, 2.45) is 5.10 Å². The Hall–Kier alpha value is -4.15. The first-order chi connectivity index (χ1) is 18.8. The maximum absolute atomic E-state index is 13.5. The van der Waals surface area contributed by atoms with Gasteiger partial charge in [-0.3, -0.25) is 4.79 Å². The number of furan rings is 1. The van der Waals surface area contributed by atoms with Crippen molar-refractivity contribution in [2.45, 2.75) is 20.0 Å². The highest BCUT2D eigenvalue weighted by atomic mass is 79.9. The molecule has 9 nitrogen and oxygen atoms in total. The summed E-state index contributed by atoms with van der Waals surface area (Å²) < 4.78 is 18.8. The smallest absolute Gasteiger partial charge is 0.344 e. The van der Waals surface area contributed by atoms with Crippen LogP contribution in [0.3, 0.4) is 0 Å². The number of para-hydroxylation sites is 2. The van der Waals surface area contributed by atoms with Gasteiger partial charge in [0, 0.05) is 15.4 Å². The third-order valence-electron chi connectivity index (χ3n) is 5.81. The van der Waals surface area contributed by atoms with E-state index in [0.29, 0.717) is 32.3 Å². The summed E-state index contributed by atoms with van der Waals surface area (Å²) >= 11 is 9.98. The number of benzene rings is 3. The Bertz CT molecular complexity index is 1780. The van der Waals surface area contributed by atoms with Gasteiger partial charge in [0.25, 0.3) is 5.56 Å². The number of ether oxygens (including phenoxy) is 2. The second-order valence-corrected chi connectivity index (χ2v) is 9.59. The molecule has 0 bridgehead atoms. The van der Waals surface area contributed by atoms with E-state index in [1.165, 1.54) is 13.1 Å². The van der Waals surface area contributed by atoms with Crippen molar-refractivity contribution < 1.29 is 23.8 Å². The molecule has 0 aliphatic carbocycles. The summed E-state index contributed by atoms with van der Waals surface area (Å²) in [7, 11) is 0. The minimum Gasteiger partial charge on any atom is -0.490 e. The summed E-state index contributed by atoms with van der Waals surface area (Å²) in [6, 6.07) is 17.8. The number of carbonyl (C=O) groups is 1. The molecule has 1 atom stereocenters. The molecule has 0 fully saturated rings. The van der Waals surface area contributed by atoms with Gasteiger partial charge in [-0.05, 0) is 60.1 Å². The lowest BCUT2D eigenvalue weighted by atomic mass is 10.2. The Kier molecular flexibility index (Phi) is 7.40. The summed E-state index contributed by atoms with van der Waals surface area (Å²) in [4.78, 5) is 29.6. The molecule has 0 aliphatic rings. The number of aromatic nitrogens is 2. The summed E-state index contributed by atoms with van der Waals surface area (Å²) in [5.74, 6) is -0.272. The van der Waals surface area contributed by atoms with Crippen LogP contribution in [0.15, 0.2) is 79.4 Å². The van der Waals surface area contributed by atoms with E-state index in [1.54, 1.807) is 43.3 Å². The highest BCUT2D eigenvalue weighted by Gasteiger charge is 2.23. The average molecular weight is 611 g/mol. The van der Waals surface area contributed by atoms with Crippen LogP contribution < -0.4 is 15.0 Å². The van der Waals surface area contributed by atoms with Crippen molar-refractivity contribution in [3.05, 3.63) is 86.1 Å². The largest absolute Gasteiger partial charge is 0.490 e. The number of carboxylic acids is 1. The topological polar surface area (TPSA) is 116 Å². The van der Waals surface area contributed by atoms with Crippen molar-refractivity contribution >= 4 is 61.6 Å². The SMILES string of the molecule is CCOc1cc(C=Nn2c(-c3cc4ccccc4o3)nc3ccccc3c2=O)c(Br)c(Cl)c1O[C@@H](C)C(=O)O. The minimum absolute atomic E-state index is 0.0740. The Morgan fingerprint density at radius 3 is 2.72 bits per heavy atom. The van der Waals surface area contributed by atoms with E-state index in [-0.39, 0.29) is 29.0 Å². The zero-order chi connectivity index (χ0) is 27.7. The van der Waals surface area contributed by atoms with E-state index < -0.39 is 17.6 Å². The fourth-order valence-electron chi connectivity index (χ4n) is 3.90. The van der Waals surface area contributed by atoms with E-state index in [9.17, 15) is 14.7 Å². The molecule has 5 aromatic rings. The number of hydrogen-bond donors (Lipinski definition) is 1. The Balaban J connectivity index is 1.66. The molecule has 0 aliphatic heterocycles. The standard InChI is InChI=1S/C28H21BrClN3O6/c1-3-37-21-13-17(23(29)24(30)25(21)38-15(2)28(35)36)14-31-33-26(22-12-16-8-4-7-11-20(16)39-22)32-19-10-6-5-9-18(19)27(33)34/h4-15H,3H2,1-2H3,(H,35,36)/t15-/m0/s1. The molecule has 0 radical (unpaired) electrons. The van der Waals surface area contributed by atoms with E-state index in [0.717, 1.165) is 10.1 Å². The van der Waals surface area contributed by atoms with Gasteiger partial charge in [-0.1, -0.05) is 41.9 Å². The molecule has 39 heavy (non-hydrogen) atoms. The minimum atomic E-state index is -1.17. The quantitative estimate of drug-likeness (QED) is 0.203. The van der Waals surface area contributed by atoms with E-state index in [2.05, 4.69) is 26.0 Å². The van der Waals surface area contributed by atoms with Gasteiger partial charge in [0.2, 0.25) is 5.82 Å². The zero-order valence-corrected chi connectivity index (χ0v) is 23.1. The van der Waals surface area contributed by atoms with Crippen LogP contribution in [0.25, 0.3) is 33.5 Å². The number of nitrogens with zero attached hydrogens (tertiary/aromatic N) is 3. The number of hydrogen-bond acceptors (Lipinski definition) is 7. The monoisotopic (exact) mass is 609 g/mol. The fourth-order valence-corrected chi connectivity index (χ4v) is 4.54. The first-order valence-corrected chi connectivity index (χ1v) is 13.0. The summed E-state index contributed by atoms with van der Waals surface area (Å²) in [6.45, 7) is 3.43. The lowest BCUT2D eigenvalue weighted by Gasteiger charge is -2.18. The fraction of sp³-hybridized carbons (Fsp3) is 0.143. The molecule has 0 saturated heterocycles. The molecule has 0 spiro atoms. The number of carboxylic acid groups (broad SMARTS) is 1. The molecule has 5 rings (SSSR count). The number of rotatable bonds is 8. The van der Waals surface area contributed by atoms with Crippen LogP contribution in [0.2, 0.25) is 5.02 Å². The van der Waals surface area contributed by atoms with Crippen LogP contribution in [0.5, 0.6) is 11.5 Å². The summed E-state index contributed by atoms with van der Waals surface area (Å²) in [5, 5.41) is 15.1. The van der Waals surface area contributed by atoms with Crippen LogP contribution >= 0.6 is 27.5 Å². The van der Waals surface area contributed by atoms with Gasteiger partial charge in [-0.15, -0.1) is 0 Å². The molecule has 0 saturated carbocycles. The third kappa shape index (κ3) is 5.13. The van der Waals surface area contributed by atoms with Crippen molar-refractivity contribution in [3.63, 3.8) is 0 Å². The third-order valence-corrected chi connectivity index (χ3v) is 7.25. The Labute approximate surface area is 235 Å². The summed E-state index contributed by atoms with van der Waals surface area (Å²) in [5.41, 5.74) is 1.21. The maximum atomic E-state index is 13.5. The zero-order valence-electron chi connectivity index (χ0n) is 20.7. The second kappa shape index (κ2) is 10.9. The highest BCUT2D eigenvalue weighted by molar-refractivity contribution is 9.10. The second-order valence-electron chi connectivity index (χ2n) is 8.41. The molecule has 198 valence electrons. The van der Waals surface area contributed by atoms with Crippen molar-refractivity contribution in [1.82, 2.24) is 9.66 Å². The summed E-state index contributed by atoms with van der Waals surface area (Å²) in [6.07, 6.45) is 0.258. The molecular weight excluding hydrogens is 590 g/mol. The Morgan fingerprint density at radius 2 is 1.97 bits per heavy atom. The van der Waals surface area contributed by atoms with E-state index >= 15 is 0 Å². The molecule has 1 N–H and O–H groups in total. The van der Waals surface area contributed by atoms with Gasteiger partial charge in [0.05, 0.1) is 23.7 Å². The average Bonchev–Trinajstić information content (AvgIpc) is 3.37. The van der Waals surface area contributed by atoms with Crippen LogP contribution in [0.1, 0.15) is 19.4 Å². The van der Waals surface area contributed by atoms with Crippen molar-refractivity contribution in [2.75, 3.05) is 6.61 Å². The first kappa shape index (κ1) is 26.5. The van der Waals surface area contributed by atoms with Crippen LogP contribution in [-0.2, 0) is 4.79 Å². The first-order valence-electron chi connectivity index (χ1n) is 11.9. The molecule has 11 heteroatoms. The molecule has 0 unspecified atom stereocenters. The van der Waals surface area contributed by atoms with Gasteiger partial charge < -0.3 is 19.0 Å². The van der Waals surface area contributed by atoms with Crippen molar-refractivity contribution in [1.29, 1.82) is 0 Å². The van der Waals surface area contributed by atoms with E-state index in [4.69, 9.17) is 25.5 Å². The molecule has 3 aromatic carbocycles. The van der Waals surface area contributed by atoms with Gasteiger partial charge in [0.15, 0.2) is 23.4 Å². The van der Waals surface area contributed by atoms with Gasteiger partial charge in [-0.2, -0.15) is 9.78 Å². The number of fused-ring (bicyclic) bond motifs is 2. The van der Waals surface area contributed by atoms with Crippen LogP contribution in [0, 0.1) is 0 Å². The Morgan fingerprint density at radius 1 is 1.23 bits per heavy atom. The number of aliphatic carboxylic acids is 1. The van der Waals surface area contributed by atoms with Crippen LogP contribution in [-0.4, -0.2) is 39.7 Å². The van der Waals surface area contributed by atoms with Crippen LogP contribution in [0.4, 0.5) is 0 Å². The highest BCUT2D eigenvalue weighted by Crippen LogP contribution is 2.43. The van der Waals surface area contributed by atoms with Gasteiger partial charge in [-0.25, -0.2) is 9.78 Å². The number of halogens is 2. The normalized spacial score (nSPS) is 12.3. The maximum Gasteiger partial charge on any atom is 0.344 e. The molecular formula is C28H21BrClN3O6. The van der Waals surface area contributed by atoms with E-state index in [1.807, 2.05) is 24.3 Å². The molecule has 2 heterocycles. The molecule has 0 amide bonds. The predicted molar refractivity (Wildman–Crippen MR) is 152 cm³/mol. The molecule has 2 aromatic heterocycles.